The predicted molar refractivity (Wildman–Crippen MR) is 59.0 cm³/mol. The van der Waals surface area contributed by atoms with Gasteiger partial charge < -0.3 is 9.67 Å². The van der Waals surface area contributed by atoms with Gasteiger partial charge in [0, 0.05) is 24.7 Å². The van der Waals surface area contributed by atoms with Gasteiger partial charge in [0.15, 0.2) is 11.6 Å². The summed E-state index contributed by atoms with van der Waals surface area (Å²) in [6, 6.07) is 6.01. The molecule has 0 fully saturated rings. The summed E-state index contributed by atoms with van der Waals surface area (Å²) in [7, 11) is 1.72. The lowest BCUT2D eigenvalue weighted by Crippen LogP contribution is -1.99. The summed E-state index contributed by atoms with van der Waals surface area (Å²) < 4.78 is 1.64. The molecule has 1 aromatic heterocycles. The molecule has 2 aromatic rings. The summed E-state index contributed by atoms with van der Waals surface area (Å²) in [4.78, 5) is 10.0. The van der Waals surface area contributed by atoms with Crippen molar-refractivity contribution >= 4 is 5.69 Å². The number of nitro benzene ring substituents is 1. The summed E-state index contributed by atoms with van der Waals surface area (Å²) >= 11 is 0. The number of hydrogen-bond acceptors (Lipinski definition) is 5. The Kier molecular flexibility index (Phi) is 2.84. The van der Waals surface area contributed by atoms with Crippen molar-refractivity contribution in [2.75, 3.05) is 0 Å². The van der Waals surface area contributed by atoms with Crippen LogP contribution in [0.3, 0.4) is 0 Å². The first-order chi connectivity index (χ1) is 8.13. The normalized spacial score (nSPS) is 10.5. The molecular weight excluding hydrogens is 224 g/mol. The highest BCUT2D eigenvalue weighted by Crippen LogP contribution is 2.20. The van der Waals surface area contributed by atoms with Crippen LogP contribution in [-0.4, -0.2) is 24.8 Å². The molecule has 0 aliphatic carbocycles. The summed E-state index contributed by atoms with van der Waals surface area (Å²) in [6.45, 7) is -0.198. The number of aliphatic hydroxyl groups excluding tert-OH is 1. The molecule has 0 aliphatic rings. The zero-order chi connectivity index (χ0) is 12.4. The molecule has 7 heteroatoms. The lowest BCUT2D eigenvalue weighted by atomic mass is 10.2. The molecule has 17 heavy (non-hydrogen) atoms. The van der Waals surface area contributed by atoms with E-state index in [1.165, 1.54) is 12.1 Å². The van der Waals surface area contributed by atoms with Crippen molar-refractivity contribution in [3.8, 4) is 11.4 Å². The van der Waals surface area contributed by atoms with Gasteiger partial charge in [-0.15, -0.1) is 10.2 Å². The average Bonchev–Trinajstić information content (AvgIpc) is 2.70. The zero-order valence-corrected chi connectivity index (χ0v) is 9.07. The Labute approximate surface area is 96.5 Å². The fraction of sp³-hybridized carbons (Fsp3) is 0.200. The Morgan fingerprint density at radius 2 is 2.00 bits per heavy atom. The van der Waals surface area contributed by atoms with Gasteiger partial charge in [0.1, 0.15) is 6.61 Å². The van der Waals surface area contributed by atoms with Crippen LogP contribution in [0.1, 0.15) is 5.82 Å². The fourth-order valence-electron chi connectivity index (χ4n) is 1.48. The van der Waals surface area contributed by atoms with E-state index in [0.717, 1.165) is 0 Å². The van der Waals surface area contributed by atoms with Crippen molar-refractivity contribution in [3.05, 3.63) is 40.2 Å². The van der Waals surface area contributed by atoms with E-state index in [4.69, 9.17) is 5.11 Å². The molecule has 1 aromatic carbocycles. The molecule has 1 heterocycles. The van der Waals surface area contributed by atoms with Crippen molar-refractivity contribution in [2.24, 2.45) is 7.05 Å². The van der Waals surface area contributed by atoms with Crippen molar-refractivity contribution in [2.45, 2.75) is 6.61 Å². The number of nitrogens with zero attached hydrogens (tertiary/aromatic N) is 4. The maximum Gasteiger partial charge on any atom is 0.269 e. The molecule has 0 radical (unpaired) electrons. The van der Waals surface area contributed by atoms with Crippen LogP contribution in [0.25, 0.3) is 11.4 Å². The Hall–Kier alpha value is -2.28. The number of aromatic nitrogens is 3. The quantitative estimate of drug-likeness (QED) is 0.628. The Morgan fingerprint density at radius 3 is 2.47 bits per heavy atom. The second-order valence-corrected chi connectivity index (χ2v) is 3.46. The molecule has 0 spiro atoms. The molecule has 2 rings (SSSR count). The lowest BCUT2D eigenvalue weighted by molar-refractivity contribution is -0.384. The second kappa shape index (κ2) is 4.30. The third-order valence-corrected chi connectivity index (χ3v) is 2.44. The number of hydrogen-bond donors (Lipinski definition) is 1. The van der Waals surface area contributed by atoms with Gasteiger partial charge in [-0.1, -0.05) is 0 Å². The minimum atomic E-state index is -0.459. The summed E-state index contributed by atoms with van der Waals surface area (Å²) in [5.41, 5.74) is 0.739. The van der Waals surface area contributed by atoms with E-state index >= 15 is 0 Å². The first-order valence-corrected chi connectivity index (χ1v) is 4.87. The minimum Gasteiger partial charge on any atom is -0.388 e. The van der Waals surface area contributed by atoms with E-state index in [2.05, 4.69) is 10.2 Å². The van der Waals surface area contributed by atoms with Crippen molar-refractivity contribution < 1.29 is 10.0 Å². The smallest absolute Gasteiger partial charge is 0.269 e. The van der Waals surface area contributed by atoms with E-state index in [1.807, 2.05) is 0 Å². The zero-order valence-electron chi connectivity index (χ0n) is 9.07. The van der Waals surface area contributed by atoms with E-state index in [1.54, 1.807) is 23.7 Å². The van der Waals surface area contributed by atoms with Gasteiger partial charge in [-0.2, -0.15) is 0 Å². The largest absolute Gasteiger partial charge is 0.388 e. The number of rotatable bonds is 3. The highest BCUT2D eigenvalue weighted by atomic mass is 16.6. The summed E-state index contributed by atoms with van der Waals surface area (Å²) in [6.07, 6.45) is 0. The standard InChI is InChI=1S/C10H10N4O3/c1-13-9(6-15)11-12-10(13)7-2-4-8(5-3-7)14(16)17/h2-5,15H,6H2,1H3. The molecule has 0 amide bonds. The lowest BCUT2D eigenvalue weighted by Gasteiger charge is -2.01. The Balaban J connectivity index is 2.39. The van der Waals surface area contributed by atoms with E-state index in [0.29, 0.717) is 17.2 Å². The molecule has 88 valence electrons. The number of benzene rings is 1. The topological polar surface area (TPSA) is 94.1 Å². The molecule has 7 nitrogen and oxygen atoms in total. The third kappa shape index (κ3) is 2.00. The van der Waals surface area contributed by atoms with Crippen molar-refractivity contribution in [1.29, 1.82) is 0 Å². The first kappa shape index (κ1) is 11.2. The molecule has 0 atom stereocenters. The fourth-order valence-corrected chi connectivity index (χ4v) is 1.48. The van der Waals surface area contributed by atoms with Gasteiger partial charge in [-0.3, -0.25) is 10.1 Å². The molecule has 0 saturated heterocycles. The molecule has 1 N–H and O–H groups in total. The van der Waals surface area contributed by atoms with Gasteiger partial charge in [-0.25, -0.2) is 0 Å². The van der Waals surface area contributed by atoms with E-state index in [9.17, 15) is 10.1 Å². The molecule has 0 bridgehead atoms. The monoisotopic (exact) mass is 234 g/mol. The Bertz CT molecular complexity index is 547. The maximum atomic E-state index is 10.5. The van der Waals surface area contributed by atoms with E-state index < -0.39 is 4.92 Å². The van der Waals surface area contributed by atoms with Gasteiger partial charge in [-0.05, 0) is 12.1 Å². The minimum absolute atomic E-state index is 0.0262. The number of non-ortho nitro benzene ring substituents is 1. The van der Waals surface area contributed by atoms with Crippen LogP contribution in [0.4, 0.5) is 5.69 Å². The molecule has 0 saturated carbocycles. The van der Waals surface area contributed by atoms with Crippen LogP contribution < -0.4 is 0 Å². The summed E-state index contributed by atoms with van der Waals surface area (Å²) in [5.74, 6) is 1.00. The summed E-state index contributed by atoms with van der Waals surface area (Å²) in [5, 5.41) is 27.2. The van der Waals surface area contributed by atoms with Crippen LogP contribution in [0, 0.1) is 10.1 Å². The number of nitro groups is 1. The Morgan fingerprint density at radius 1 is 1.35 bits per heavy atom. The SMILES string of the molecule is Cn1c(CO)nnc1-c1ccc([N+](=O)[O-])cc1. The van der Waals surface area contributed by atoms with Crippen molar-refractivity contribution in [1.82, 2.24) is 14.8 Å². The molecular formula is C10H10N4O3. The van der Waals surface area contributed by atoms with Gasteiger partial charge in [0.05, 0.1) is 4.92 Å². The highest BCUT2D eigenvalue weighted by Gasteiger charge is 2.11. The second-order valence-electron chi connectivity index (χ2n) is 3.46. The number of aliphatic hydroxyl groups is 1. The van der Waals surface area contributed by atoms with Crippen LogP contribution in [0.2, 0.25) is 0 Å². The van der Waals surface area contributed by atoms with Crippen LogP contribution in [0.15, 0.2) is 24.3 Å². The maximum absolute atomic E-state index is 10.5. The predicted octanol–water partition coefficient (Wildman–Crippen LogP) is 0.883. The average molecular weight is 234 g/mol. The third-order valence-electron chi connectivity index (χ3n) is 2.44. The van der Waals surface area contributed by atoms with Gasteiger partial charge >= 0.3 is 0 Å². The van der Waals surface area contributed by atoms with Crippen LogP contribution in [0.5, 0.6) is 0 Å². The van der Waals surface area contributed by atoms with Crippen molar-refractivity contribution in [3.63, 3.8) is 0 Å². The van der Waals surface area contributed by atoms with Crippen LogP contribution >= 0.6 is 0 Å². The van der Waals surface area contributed by atoms with Gasteiger partial charge in [0.25, 0.3) is 5.69 Å². The first-order valence-electron chi connectivity index (χ1n) is 4.87. The molecule has 0 aliphatic heterocycles. The highest BCUT2D eigenvalue weighted by molar-refractivity contribution is 5.57. The molecule has 0 unspecified atom stereocenters. The van der Waals surface area contributed by atoms with Crippen LogP contribution in [-0.2, 0) is 13.7 Å². The van der Waals surface area contributed by atoms with Gasteiger partial charge in [0.2, 0.25) is 0 Å². The van der Waals surface area contributed by atoms with E-state index in [-0.39, 0.29) is 12.3 Å².